The van der Waals surface area contributed by atoms with Crippen LogP contribution >= 0.6 is 0 Å². The van der Waals surface area contributed by atoms with E-state index < -0.39 is 19.8 Å². The van der Waals surface area contributed by atoms with Crippen molar-refractivity contribution >= 4 is 37.7 Å². The van der Waals surface area contributed by atoms with Crippen molar-refractivity contribution in [3.63, 3.8) is 0 Å². The molecule has 0 bridgehead atoms. The summed E-state index contributed by atoms with van der Waals surface area (Å²) in [6.45, 7) is 0. The summed E-state index contributed by atoms with van der Waals surface area (Å²) < 4.78 is 18.2. The van der Waals surface area contributed by atoms with Crippen LogP contribution in [0.5, 0.6) is 17.2 Å². The van der Waals surface area contributed by atoms with Crippen LogP contribution in [0.3, 0.4) is 0 Å². The molecule has 34 heavy (non-hydrogen) atoms. The molecule has 6 nitrogen and oxygen atoms in total. The van der Waals surface area contributed by atoms with Crippen LogP contribution in [-0.2, 0) is 14.4 Å². The number of rotatable bonds is 12. The first-order chi connectivity index (χ1) is 16.6. The van der Waals surface area contributed by atoms with Crippen molar-refractivity contribution in [3.8, 4) is 17.2 Å². The topological polar surface area (TPSA) is 78.9 Å². The maximum atomic E-state index is 12.3. The third kappa shape index (κ3) is 9.78. The van der Waals surface area contributed by atoms with Gasteiger partial charge in [0.25, 0.3) is 0 Å². The van der Waals surface area contributed by atoms with Crippen LogP contribution in [0, 0.1) is 0 Å². The molecule has 0 heterocycles. The molecule has 0 saturated heterocycles. The number of esters is 3. The molecular weight excluding hydrogens is 539 g/mol. The zero-order chi connectivity index (χ0) is 24.0. The molecule has 0 fully saturated rings. The predicted molar refractivity (Wildman–Crippen MR) is 130 cm³/mol. The zero-order valence-electron chi connectivity index (χ0n) is 18.9. The summed E-state index contributed by atoms with van der Waals surface area (Å²) >= 11 is -2.29. The summed E-state index contributed by atoms with van der Waals surface area (Å²) in [4.78, 5) is 36.9. The van der Waals surface area contributed by atoms with Crippen molar-refractivity contribution in [1.29, 1.82) is 0 Å². The van der Waals surface area contributed by atoms with Crippen LogP contribution in [-0.4, -0.2) is 37.7 Å². The molecule has 3 aromatic carbocycles. The average Bonchev–Trinajstić information content (AvgIpc) is 2.85. The summed E-state index contributed by atoms with van der Waals surface area (Å²) in [6.07, 6.45) is 0.807. The van der Waals surface area contributed by atoms with E-state index in [-0.39, 0.29) is 37.2 Å². The SMILES string of the molecule is O=C(C[CH2][Sn]([CH2]CC(=O)Oc1ccccc1)[CH2]CC(=O)Oc1ccccc1)Oc1ccccc1. The van der Waals surface area contributed by atoms with Gasteiger partial charge in [-0.3, -0.25) is 0 Å². The number of carbonyl (C=O) groups excluding carboxylic acids is 3. The monoisotopic (exact) mass is 567 g/mol. The van der Waals surface area contributed by atoms with Gasteiger partial charge in [-0.2, -0.15) is 0 Å². The van der Waals surface area contributed by atoms with E-state index in [1.54, 1.807) is 72.8 Å². The number of hydrogen-bond acceptors (Lipinski definition) is 6. The molecule has 0 aromatic heterocycles. The quantitative estimate of drug-likeness (QED) is 0.165. The van der Waals surface area contributed by atoms with Crippen LogP contribution in [0.25, 0.3) is 0 Å². The van der Waals surface area contributed by atoms with E-state index in [0.717, 1.165) is 0 Å². The van der Waals surface area contributed by atoms with E-state index in [2.05, 4.69) is 0 Å². The van der Waals surface area contributed by atoms with Crippen LogP contribution in [0.4, 0.5) is 0 Å². The Hall–Kier alpha value is -3.13. The van der Waals surface area contributed by atoms with Gasteiger partial charge in [0, 0.05) is 0 Å². The molecule has 175 valence electrons. The number of para-hydroxylation sites is 3. The summed E-state index contributed by atoms with van der Waals surface area (Å²) in [5.74, 6) is 0.621. The van der Waals surface area contributed by atoms with Crippen molar-refractivity contribution in [3.05, 3.63) is 91.0 Å². The van der Waals surface area contributed by atoms with Gasteiger partial charge in [-0.1, -0.05) is 0 Å². The fourth-order valence-electron chi connectivity index (χ4n) is 3.22. The van der Waals surface area contributed by atoms with Crippen molar-refractivity contribution in [1.82, 2.24) is 0 Å². The first-order valence-electron chi connectivity index (χ1n) is 11.2. The summed E-state index contributed by atoms with van der Waals surface area (Å²) in [6, 6.07) is 26.8. The molecule has 0 N–H and O–H groups in total. The van der Waals surface area contributed by atoms with E-state index in [4.69, 9.17) is 14.2 Å². The van der Waals surface area contributed by atoms with E-state index in [0.29, 0.717) is 30.6 Å². The average molecular weight is 566 g/mol. The Morgan fingerprint density at radius 2 is 0.735 bits per heavy atom. The van der Waals surface area contributed by atoms with Crippen LogP contribution in [0.1, 0.15) is 19.3 Å². The Kier molecular flexibility index (Phi) is 10.6. The fourth-order valence-corrected chi connectivity index (χ4v) is 10.1. The Morgan fingerprint density at radius 1 is 0.471 bits per heavy atom. The molecule has 0 aliphatic carbocycles. The molecule has 0 aliphatic rings. The fraction of sp³-hybridized carbons (Fsp3) is 0.222. The van der Waals surface area contributed by atoms with Gasteiger partial charge in [-0.25, -0.2) is 0 Å². The van der Waals surface area contributed by atoms with Crippen LogP contribution in [0.15, 0.2) is 91.0 Å². The van der Waals surface area contributed by atoms with Crippen molar-refractivity contribution < 1.29 is 28.6 Å². The van der Waals surface area contributed by atoms with E-state index in [9.17, 15) is 14.4 Å². The number of carbonyl (C=O) groups is 3. The number of benzene rings is 3. The van der Waals surface area contributed by atoms with Gasteiger partial charge in [-0.15, -0.1) is 0 Å². The van der Waals surface area contributed by atoms with Gasteiger partial charge < -0.3 is 0 Å². The molecule has 0 unspecified atom stereocenters. The maximum absolute atomic E-state index is 12.3. The molecule has 0 amide bonds. The minimum absolute atomic E-state index is 0.269. The van der Waals surface area contributed by atoms with Crippen molar-refractivity contribution in [2.24, 2.45) is 0 Å². The van der Waals surface area contributed by atoms with E-state index in [1.165, 1.54) is 0 Å². The molecule has 3 aromatic rings. The molecular formula is C27H27O6Sn. The van der Waals surface area contributed by atoms with Gasteiger partial charge >= 0.3 is 207 Å². The Balaban J connectivity index is 1.50. The molecule has 0 atom stereocenters. The summed E-state index contributed by atoms with van der Waals surface area (Å²) in [5.41, 5.74) is 0. The van der Waals surface area contributed by atoms with Crippen molar-refractivity contribution in [2.45, 2.75) is 32.6 Å². The Bertz CT molecular complexity index is 904. The van der Waals surface area contributed by atoms with E-state index in [1.807, 2.05) is 18.2 Å². The first kappa shape index (κ1) is 25.5. The molecule has 0 saturated carbocycles. The molecule has 7 heteroatoms. The number of hydrogen-bond donors (Lipinski definition) is 0. The molecule has 0 spiro atoms. The predicted octanol–water partition coefficient (Wildman–Crippen LogP) is 5.47. The van der Waals surface area contributed by atoms with Crippen LogP contribution < -0.4 is 14.2 Å². The van der Waals surface area contributed by atoms with Gasteiger partial charge in [-0.05, 0) is 0 Å². The zero-order valence-corrected chi connectivity index (χ0v) is 21.7. The minimum atomic E-state index is -2.29. The molecule has 3 rings (SSSR count). The van der Waals surface area contributed by atoms with Gasteiger partial charge in [0.1, 0.15) is 0 Å². The normalized spacial score (nSPS) is 10.5. The van der Waals surface area contributed by atoms with Crippen molar-refractivity contribution in [2.75, 3.05) is 0 Å². The van der Waals surface area contributed by atoms with Gasteiger partial charge in [0.2, 0.25) is 0 Å². The third-order valence-corrected chi connectivity index (χ3v) is 13.2. The second-order valence-electron chi connectivity index (χ2n) is 7.61. The Labute approximate surface area is 206 Å². The standard InChI is InChI=1S/3C9H9O2.Sn/c3*1-2-9(10)11-8-6-4-3-5-7-8;/h3*3-7H,1-2H2;. The second-order valence-corrected chi connectivity index (χ2v) is 16.2. The van der Waals surface area contributed by atoms with E-state index >= 15 is 0 Å². The first-order valence-corrected chi connectivity index (χ1v) is 17.2. The molecule has 1 radical (unpaired) electrons. The Morgan fingerprint density at radius 3 is 1.00 bits per heavy atom. The number of ether oxygens (including phenoxy) is 3. The third-order valence-electron chi connectivity index (χ3n) is 4.97. The second kappa shape index (κ2) is 14.2. The van der Waals surface area contributed by atoms with Crippen LogP contribution in [0.2, 0.25) is 13.3 Å². The summed E-state index contributed by atoms with van der Waals surface area (Å²) in [5, 5.41) is 0. The molecule has 0 aliphatic heterocycles. The van der Waals surface area contributed by atoms with Gasteiger partial charge in [0.15, 0.2) is 0 Å². The summed E-state index contributed by atoms with van der Waals surface area (Å²) in [7, 11) is 0. The van der Waals surface area contributed by atoms with Gasteiger partial charge in [0.05, 0.1) is 0 Å².